The Morgan fingerprint density at radius 3 is 2.38 bits per heavy atom. The standard InChI is InChI=1S/C5H14NOP/c1-4(7-2)3-5(6)8/h4-5H,3,6,8H2,1-2H3. The molecule has 8 heavy (non-hydrogen) atoms. The Labute approximate surface area is 53.0 Å². The summed E-state index contributed by atoms with van der Waals surface area (Å²) in [5, 5.41) is 0. The molecule has 0 bridgehead atoms. The van der Waals surface area contributed by atoms with Gasteiger partial charge in [0.2, 0.25) is 0 Å². The van der Waals surface area contributed by atoms with Crippen LogP contribution in [0.15, 0.2) is 0 Å². The van der Waals surface area contributed by atoms with E-state index >= 15 is 0 Å². The van der Waals surface area contributed by atoms with Gasteiger partial charge in [0.15, 0.2) is 0 Å². The Morgan fingerprint density at radius 2 is 2.25 bits per heavy atom. The lowest BCUT2D eigenvalue weighted by Crippen LogP contribution is -2.18. The van der Waals surface area contributed by atoms with E-state index in [1.165, 1.54) is 0 Å². The quantitative estimate of drug-likeness (QED) is 0.574. The maximum Gasteiger partial charge on any atom is 0.0561 e. The SMILES string of the molecule is COC(C)CC(N)P. The van der Waals surface area contributed by atoms with Crippen molar-refractivity contribution in [3.63, 3.8) is 0 Å². The lowest BCUT2D eigenvalue weighted by atomic mass is 10.3. The summed E-state index contributed by atoms with van der Waals surface area (Å²) in [5.41, 5.74) is 5.45. The molecule has 3 unspecified atom stereocenters. The first-order valence-electron chi connectivity index (χ1n) is 2.70. The molecule has 0 aromatic rings. The third-order valence-electron chi connectivity index (χ3n) is 1.01. The minimum absolute atomic E-state index is 0.171. The third kappa shape index (κ3) is 4.51. The third-order valence-corrected chi connectivity index (χ3v) is 1.28. The lowest BCUT2D eigenvalue weighted by Gasteiger charge is -2.10. The number of rotatable bonds is 3. The van der Waals surface area contributed by atoms with Gasteiger partial charge in [-0.3, -0.25) is 0 Å². The van der Waals surface area contributed by atoms with E-state index in [9.17, 15) is 0 Å². The predicted molar refractivity (Wildman–Crippen MR) is 38.8 cm³/mol. The van der Waals surface area contributed by atoms with Crippen molar-refractivity contribution < 1.29 is 4.74 Å². The van der Waals surface area contributed by atoms with Crippen LogP contribution in [0, 0.1) is 0 Å². The number of hydrogen-bond donors (Lipinski definition) is 1. The molecule has 0 fully saturated rings. The van der Waals surface area contributed by atoms with Crippen molar-refractivity contribution in [1.29, 1.82) is 0 Å². The summed E-state index contributed by atoms with van der Waals surface area (Å²) in [6, 6.07) is 0. The molecule has 2 nitrogen and oxygen atoms in total. The number of methoxy groups -OCH3 is 1. The topological polar surface area (TPSA) is 35.2 Å². The second-order valence-electron chi connectivity index (χ2n) is 1.95. The molecular formula is C5H14NOP. The van der Waals surface area contributed by atoms with Crippen LogP contribution in [0.1, 0.15) is 13.3 Å². The summed E-state index contributed by atoms with van der Waals surface area (Å²) in [6.45, 7) is 2.00. The smallest absolute Gasteiger partial charge is 0.0561 e. The highest BCUT2D eigenvalue weighted by molar-refractivity contribution is 7.17. The van der Waals surface area contributed by atoms with Crippen LogP contribution in [0.25, 0.3) is 0 Å². The van der Waals surface area contributed by atoms with Crippen LogP contribution in [-0.4, -0.2) is 19.0 Å². The Hall–Kier alpha value is 0.350. The van der Waals surface area contributed by atoms with Crippen LogP contribution in [0.2, 0.25) is 0 Å². The van der Waals surface area contributed by atoms with Gasteiger partial charge in [-0.25, -0.2) is 0 Å². The summed E-state index contributed by atoms with van der Waals surface area (Å²) in [6.07, 6.45) is 1.18. The van der Waals surface area contributed by atoms with Crippen molar-refractivity contribution >= 4 is 9.24 Å². The minimum Gasteiger partial charge on any atom is -0.382 e. The molecule has 0 heterocycles. The van der Waals surface area contributed by atoms with Crippen LogP contribution in [0.4, 0.5) is 0 Å². The van der Waals surface area contributed by atoms with Crippen LogP contribution in [0.5, 0.6) is 0 Å². The molecule has 0 radical (unpaired) electrons. The number of hydrogen-bond acceptors (Lipinski definition) is 2. The van der Waals surface area contributed by atoms with Crippen molar-refractivity contribution in [3.8, 4) is 0 Å². The second kappa shape index (κ2) is 4.25. The largest absolute Gasteiger partial charge is 0.382 e. The first-order valence-corrected chi connectivity index (χ1v) is 3.37. The molecule has 0 aliphatic carbocycles. The highest BCUT2D eigenvalue weighted by Gasteiger charge is 2.01. The molecule has 0 spiro atoms. The van der Waals surface area contributed by atoms with Gasteiger partial charge in [-0.1, -0.05) is 0 Å². The Kier molecular flexibility index (Phi) is 4.44. The average Bonchev–Trinajstić information content (AvgIpc) is 1.65. The molecule has 50 valence electrons. The molecule has 0 aliphatic rings. The molecule has 3 atom stereocenters. The lowest BCUT2D eigenvalue weighted by molar-refractivity contribution is 0.111. The fourth-order valence-corrected chi connectivity index (χ4v) is 0.863. The van der Waals surface area contributed by atoms with E-state index < -0.39 is 0 Å². The van der Waals surface area contributed by atoms with Gasteiger partial charge in [0.25, 0.3) is 0 Å². The van der Waals surface area contributed by atoms with Gasteiger partial charge in [-0.05, 0) is 13.3 Å². The fourth-order valence-electron chi connectivity index (χ4n) is 0.480. The summed E-state index contributed by atoms with van der Waals surface area (Å²) in [7, 11) is 4.22. The molecule has 0 rings (SSSR count). The van der Waals surface area contributed by atoms with E-state index in [0.717, 1.165) is 6.42 Å². The van der Waals surface area contributed by atoms with E-state index in [1.807, 2.05) is 6.92 Å². The van der Waals surface area contributed by atoms with Gasteiger partial charge in [-0.15, -0.1) is 9.24 Å². The molecular weight excluding hydrogens is 121 g/mol. The zero-order valence-electron chi connectivity index (χ0n) is 5.42. The second-order valence-corrected chi connectivity index (χ2v) is 2.80. The molecule has 0 saturated carbocycles. The zero-order chi connectivity index (χ0) is 6.57. The average molecular weight is 135 g/mol. The Morgan fingerprint density at radius 1 is 1.75 bits per heavy atom. The number of ether oxygens (including phenoxy) is 1. The fraction of sp³-hybridized carbons (Fsp3) is 1.00. The van der Waals surface area contributed by atoms with Crippen molar-refractivity contribution in [2.75, 3.05) is 7.11 Å². The van der Waals surface area contributed by atoms with Gasteiger partial charge in [-0.2, -0.15) is 0 Å². The van der Waals surface area contributed by atoms with E-state index in [4.69, 9.17) is 10.5 Å². The van der Waals surface area contributed by atoms with E-state index in [0.29, 0.717) is 0 Å². The molecule has 2 N–H and O–H groups in total. The van der Waals surface area contributed by atoms with Crippen molar-refractivity contribution in [2.24, 2.45) is 5.73 Å². The van der Waals surface area contributed by atoms with Crippen molar-refractivity contribution in [2.45, 2.75) is 25.2 Å². The van der Waals surface area contributed by atoms with Crippen LogP contribution in [0.3, 0.4) is 0 Å². The molecule has 0 amide bonds. The molecule has 0 saturated heterocycles. The highest BCUT2D eigenvalue weighted by atomic mass is 31.0. The first kappa shape index (κ1) is 8.35. The summed E-state index contributed by atoms with van der Waals surface area (Å²) < 4.78 is 4.97. The molecule has 0 aromatic carbocycles. The van der Waals surface area contributed by atoms with E-state index in [2.05, 4.69) is 9.24 Å². The van der Waals surface area contributed by atoms with E-state index in [-0.39, 0.29) is 11.9 Å². The Bertz CT molecular complexity index is 58.4. The normalized spacial score (nSPS) is 18.0. The number of nitrogens with two attached hydrogens (primary N) is 1. The van der Waals surface area contributed by atoms with Crippen LogP contribution >= 0.6 is 9.24 Å². The molecule has 0 aromatic heterocycles. The van der Waals surface area contributed by atoms with Gasteiger partial charge in [0.1, 0.15) is 0 Å². The van der Waals surface area contributed by atoms with Crippen LogP contribution < -0.4 is 5.73 Å². The monoisotopic (exact) mass is 135 g/mol. The highest BCUT2D eigenvalue weighted by Crippen LogP contribution is 2.03. The zero-order valence-corrected chi connectivity index (χ0v) is 6.58. The maximum atomic E-state index is 5.45. The predicted octanol–water partition coefficient (Wildman–Crippen LogP) is 0.571. The summed E-state index contributed by atoms with van der Waals surface area (Å²) >= 11 is 0. The van der Waals surface area contributed by atoms with Gasteiger partial charge in [0, 0.05) is 12.9 Å². The maximum absolute atomic E-state index is 5.45. The summed E-state index contributed by atoms with van der Waals surface area (Å²) in [4.78, 5) is 0. The van der Waals surface area contributed by atoms with Gasteiger partial charge >= 0.3 is 0 Å². The van der Waals surface area contributed by atoms with Crippen molar-refractivity contribution in [3.05, 3.63) is 0 Å². The molecule has 3 heteroatoms. The van der Waals surface area contributed by atoms with E-state index in [1.54, 1.807) is 7.11 Å². The molecule has 0 aliphatic heterocycles. The van der Waals surface area contributed by atoms with Gasteiger partial charge < -0.3 is 10.5 Å². The minimum atomic E-state index is 0.171. The van der Waals surface area contributed by atoms with Crippen LogP contribution in [-0.2, 0) is 4.74 Å². The first-order chi connectivity index (χ1) is 3.66. The van der Waals surface area contributed by atoms with Gasteiger partial charge in [0.05, 0.1) is 6.10 Å². The Balaban J connectivity index is 3.10. The van der Waals surface area contributed by atoms with Crippen molar-refractivity contribution in [1.82, 2.24) is 0 Å². The summed E-state index contributed by atoms with van der Waals surface area (Å²) in [5.74, 6) is 0.171.